The van der Waals surface area contributed by atoms with Gasteiger partial charge in [-0.3, -0.25) is 0 Å². The fraction of sp³-hybridized carbons (Fsp3) is 0.647. The second-order valence-corrected chi connectivity index (χ2v) is 6.24. The lowest BCUT2D eigenvalue weighted by molar-refractivity contribution is 0.169. The normalized spacial score (nSPS) is 14.8. The van der Waals surface area contributed by atoms with E-state index in [1.807, 2.05) is 12.1 Å². The Bertz CT molecular complexity index is 373. The zero-order chi connectivity index (χ0) is 15.1. The monoisotopic (exact) mass is 278 g/mol. The highest BCUT2D eigenvalue weighted by Gasteiger charge is 2.10. The number of hydrogen-bond donors (Lipinski definition) is 2. The van der Waals surface area contributed by atoms with E-state index < -0.39 is 6.10 Å². The summed E-state index contributed by atoms with van der Waals surface area (Å²) in [7, 11) is 4.16. The van der Waals surface area contributed by atoms with Gasteiger partial charge in [-0.25, -0.2) is 0 Å². The number of nitrogens with zero attached hydrogens (tertiary/aromatic N) is 1. The molecule has 3 heteroatoms. The Kier molecular flexibility index (Phi) is 7.20. The number of rotatable bonds is 8. The summed E-state index contributed by atoms with van der Waals surface area (Å²) >= 11 is 0. The van der Waals surface area contributed by atoms with Gasteiger partial charge < -0.3 is 15.3 Å². The Balaban J connectivity index is 2.40. The summed E-state index contributed by atoms with van der Waals surface area (Å²) in [6.45, 7) is 8.19. The third-order valence-electron chi connectivity index (χ3n) is 3.66. The predicted molar refractivity (Wildman–Crippen MR) is 86.1 cm³/mol. The van der Waals surface area contributed by atoms with Gasteiger partial charge in [0.15, 0.2) is 0 Å². The molecule has 114 valence electrons. The van der Waals surface area contributed by atoms with Crippen LogP contribution in [0.15, 0.2) is 24.3 Å². The van der Waals surface area contributed by atoms with Crippen LogP contribution in [-0.4, -0.2) is 43.2 Å². The molecule has 20 heavy (non-hydrogen) atoms. The van der Waals surface area contributed by atoms with Crippen molar-refractivity contribution in [1.82, 2.24) is 10.2 Å². The van der Waals surface area contributed by atoms with Crippen LogP contribution in [0.25, 0.3) is 0 Å². The number of aliphatic hydroxyl groups excluding tert-OH is 1. The van der Waals surface area contributed by atoms with Crippen molar-refractivity contribution in [3.8, 4) is 0 Å². The van der Waals surface area contributed by atoms with Crippen molar-refractivity contribution >= 4 is 0 Å². The molecule has 1 rings (SSSR count). The molecule has 0 aliphatic carbocycles. The molecule has 0 saturated carbocycles. The van der Waals surface area contributed by atoms with Crippen molar-refractivity contribution in [3.05, 3.63) is 35.4 Å². The summed E-state index contributed by atoms with van der Waals surface area (Å²) in [5.41, 5.74) is 2.30. The van der Waals surface area contributed by atoms with E-state index in [1.54, 1.807) is 0 Å². The van der Waals surface area contributed by atoms with Gasteiger partial charge in [0, 0.05) is 12.6 Å². The first-order valence-electron chi connectivity index (χ1n) is 7.56. The minimum atomic E-state index is -0.432. The van der Waals surface area contributed by atoms with Crippen molar-refractivity contribution in [3.63, 3.8) is 0 Å². The van der Waals surface area contributed by atoms with Crippen molar-refractivity contribution in [1.29, 1.82) is 0 Å². The van der Waals surface area contributed by atoms with Gasteiger partial charge in [-0.15, -0.1) is 0 Å². The zero-order valence-corrected chi connectivity index (χ0v) is 13.6. The highest BCUT2D eigenvalue weighted by molar-refractivity contribution is 5.26. The molecule has 1 aromatic carbocycles. The van der Waals surface area contributed by atoms with Crippen LogP contribution in [-0.2, 0) is 0 Å². The minimum absolute atomic E-state index is 0.419. The number of aliphatic hydroxyl groups is 1. The summed E-state index contributed by atoms with van der Waals surface area (Å²) in [5.74, 6) is 0.533. The molecule has 0 saturated heterocycles. The lowest BCUT2D eigenvalue weighted by Gasteiger charge is -2.19. The quantitative estimate of drug-likeness (QED) is 0.767. The second kappa shape index (κ2) is 8.40. The molecule has 0 heterocycles. The van der Waals surface area contributed by atoms with Gasteiger partial charge in [0.1, 0.15) is 0 Å². The standard InChI is InChI=1S/C17H30N2O/c1-13(2)15-6-8-16(9-7-15)17(20)12-18-14(3)10-11-19(4)5/h6-9,13-14,17-18,20H,10-12H2,1-5H3. The zero-order valence-electron chi connectivity index (χ0n) is 13.6. The fourth-order valence-corrected chi connectivity index (χ4v) is 2.09. The van der Waals surface area contributed by atoms with Gasteiger partial charge in [-0.2, -0.15) is 0 Å². The van der Waals surface area contributed by atoms with Crippen molar-refractivity contribution < 1.29 is 5.11 Å². The van der Waals surface area contributed by atoms with Gasteiger partial charge >= 0.3 is 0 Å². The summed E-state index contributed by atoms with van der Waals surface area (Å²) < 4.78 is 0. The van der Waals surface area contributed by atoms with E-state index in [1.165, 1.54) is 5.56 Å². The molecule has 0 bridgehead atoms. The van der Waals surface area contributed by atoms with E-state index in [9.17, 15) is 5.11 Å². The second-order valence-electron chi connectivity index (χ2n) is 6.24. The number of benzene rings is 1. The number of nitrogens with one attached hydrogen (secondary N) is 1. The Morgan fingerprint density at radius 3 is 2.10 bits per heavy atom. The van der Waals surface area contributed by atoms with E-state index in [4.69, 9.17) is 0 Å². The summed E-state index contributed by atoms with van der Waals surface area (Å²) in [5, 5.41) is 13.6. The molecule has 0 radical (unpaired) electrons. The first kappa shape index (κ1) is 17.2. The highest BCUT2D eigenvalue weighted by Crippen LogP contribution is 2.18. The highest BCUT2D eigenvalue weighted by atomic mass is 16.3. The van der Waals surface area contributed by atoms with Gasteiger partial charge in [0.05, 0.1) is 6.10 Å². The Morgan fingerprint density at radius 1 is 1.05 bits per heavy atom. The maximum Gasteiger partial charge on any atom is 0.0914 e. The van der Waals surface area contributed by atoms with Crippen LogP contribution in [0.1, 0.15) is 50.3 Å². The minimum Gasteiger partial charge on any atom is -0.387 e. The van der Waals surface area contributed by atoms with Gasteiger partial charge in [0.25, 0.3) is 0 Å². The molecular formula is C17H30N2O. The Labute approximate surface area is 124 Å². The Morgan fingerprint density at radius 2 is 1.60 bits per heavy atom. The average Bonchev–Trinajstić information content (AvgIpc) is 2.42. The van der Waals surface area contributed by atoms with E-state index in [0.717, 1.165) is 18.5 Å². The molecule has 0 spiro atoms. The molecule has 3 nitrogen and oxygen atoms in total. The van der Waals surface area contributed by atoms with Crippen LogP contribution in [0.4, 0.5) is 0 Å². The van der Waals surface area contributed by atoms with Gasteiger partial charge in [0.2, 0.25) is 0 Å². The van der Waals surface area contributed by atoms with E-state index >= 15 is 0 Å². The smallest absolute Gasteiger partial charge is 0.0914 e. The number of hydrogen-bond acceptors (Lipinski definition) is 3. The molecule has 1 aromatic rings. The molecule has 2 unspecified atom stereocenters. The lowest BCUT2D eigenvalue weighted by Crippen LogP contribution is -2.33. The van der Waals surface area contributed by atoms with Crippen LogP contribution < -0.4 is 5.32 Å². The maximum absolute atomic E-state index is 10.2. The molecule has 2 N–H and O–H groups in total. The van der Waals surface area contributed by atoms with E-state index in [-0.39, 0.29) is 0 Å². The van der Waals surface area contributed by atoms with Crippen molar-refractivity contribution in [2.45, 2.75) is 45.3 Å². The van der Waals surface area contributed by atoms with Crippen LogP contribution >= 0.6 is 0 Å². The van der Waals surface area contributed by atoms with Crippen LogP contribution in [0.2, 0.25) is 0 Å². The summed E-state index contributed by atoms with van der Waals surface area (Å²) in [6, 6.07) is 8.71. The summed E-state index contributed by atoms with van der Waals surface area (Å²) in [4.78, 5) is 2.18. The van der Waals surface area contributed by atoms with Crippen LogP contribution in [0, 0.1) is 0 Å². The van der Waals surface area contributed by atoms with E-state index in [0.29, 0.717) is 18.5 Å². The third-order valence-corrected chi connectivity index (χ3v) is 3.66. The van der Waals surface area contributed by atoms with E-state index in [2.05, 4.69) is 57.2 Å². The molecule has 2 atom stereocenters. The average molecular weight is 278 g/mol. The van der Waals surface area contributed by atoms with Crippen LogP contribution in [0.3, 0.4) is 0 Å². The molecule has 0 fully saturated rings. The molecule has 0 aromatic heterocycles. The van der Waals surface area contributed by atoms with Crippen molar-refractivity contribution in [2.24, 2.45) is 0 Å². The third kappa shape index (κ3) is 6.04. The van der Waals surface area contributed by atoms with Gasteiger partial charge in [-0.05, 0) is 51.0 Å². The summed E-state index contributed by atoms with van der Waals surface area (Å²) in [6.07, 6.45) is 0.657. The molecule has 0 amide bonds. The predicted octanol–water partition coefficient (Wildman–Crippen LogP) is 2.77. The lowest BCUT2D eigenvalue weighted by atomic mass is 10.00. The Hall–Kier alpha value is -0.900. The first-order chi connectivity index (χ1) is 9.40. The van der Waals surface area contributed by atoms with Gasteiger partial charge in [-0.1, -0.05) is 38.1 Å². The molecule has 0 aliphatic heterocycles. The van der Waals surface area contributed by atoms with Crippen LogP contribution in [0.5, 0.6) is 0 Å². The molecular weight excluding hydrogens is 248 g/mol. The molecule has 0 aliphatic rings. The fourth-order valence-electron chi connectivity index (χ4n) is 2.09. The maximum atomic E-state index is 10.2. The topological polar surface area (TPSA) is 35.5 Å². The first-order valence-corrected chi connectivity index (χ1v) is 7.56. The van der Waals surface area contributed by atoms with Crippen molar-refractivity contribution in [2.75, 3.05) is 27.2 Å². The SMILES string of the molecule is CC(CCN(C)C)NCC(O)c1ccc(C(C)C)cc1. The largest absolute Gasteiger partial charge is 0.387 e.